The molecule has 86 valence electrons. The highest BCUT2D eigenvalue weighted by molar-refractivity contribution is 7.99. The fourth-order valence-corrected chi connectivity index (χ4v) is 2.29. The average molecular weight is 231 g/mol. The van der Waals surface area contributed by atoms with Crippen LogP contribution in [0.25, 0.3) is 0 Å². The van der Waals surface area contributed by atoms with Crippen LogP contribution in [-0.2, 0) is 9.59 Å². The molecule has 0 spiro atoms. The van der Waals surface area contributed by atoms with Crippen molar-refractivity contribution in [1.82, 2.24) is 4.90 Å². The predicted molar refractivity (Wildman–Crippen MR) is 59.9 cm³/mol. The second kappa shape index (κ2) is 5.39. The normalized spacial score (nSPS) is 26.4. The van der Waals surface area contributed by atoms with Crippen LogP contribution in [0.15, 0.2) is 0 Å². The molecule has 1 rings (SSSR count). The number of hydrogen-bond donors (Lipinski definition) is 1. The number of amides is 1. The third-order valence-corrected chi connectivity index (χ3v) is 3.27. The van der Waals surface area contributed by atoms with Crippen molar-refractivity contribution in [2.75, 3.05) is 18.6 Å². The van der Waals surface area contributed by atoms with Crippen LogP contribution in [0.1, 0.15) is 19.8 Å². The number of carbonyl (C=O) groups is 2. The number of nitrogens with zero attached hydrogens (tertiary/aromatic N) is 1. The molecule has 0 aliphatic carbocycles. The Hall–Kier alpha value is -0.710. The first-order valence-electron chi connectivity index (χ1n) is 5.07. The van der Waals surface area contributed by atoms with Crippen LogP contribution in [0.2, 0.25) is 0 Å². The van der Waals surface area contributed by atoms with E-state index in [4.69, 9.17) is 5.11 Å². The smallest absolute Gasteiger partial charge is 0.326 e. The van der Waals surface area contributed by atoms with E-state index in [1.54, 1.807) is 0 Å². The second-order valence-electron chi connectivity index (χ2n) is 4.00. The monoisotopic (exact) mass is 231 g/mol. The Morgan fingerprint density at radius 1 is 1.53 bits per heavy atom. The summed E-state index contributed by atoms with van der Waals surface area (Å²) in [6, 6.07) is -0.617. The predicted octanol–water partition coefficient (Wildman–Crippen LogP) is 1.06. The Balaban J connectivity index is 2.68. The van der Waals surface area contributed by atoms with Crippen LogP contribution >= 0.6 is 11.8 Å². The maximum absolute atomic E-state index is 11.7. The van der Waals surface area contributed by atoms with Gasteiger partial charge in [-0.05, 0) is 25.0 Å². The zero-order valence-corrected chi connectivity index (χ0v) is 9.92. The number of carbonyl (C=O) groups excluding carboxylic acids is 1. The fraction of sp³-hybridized carbons (Fsp3) is 0.800. The maximum atomic E-state index is 11.7. The molecule has 0 radical (unpaired) electrons. The number of aliphatic carboxylic acids is 1. The molecule has 0 aromatic rings. The molecular formula is C10H17NO3S. The fourth-order valence-electron chi connectivity index (χ4n) is 1.88. The van der Waals surface area contributed by atoms with Crippen LogP contribution in [-0.4, -0.2) is 46.5 Å². The van der Waals surface area contributed by atoms with Crippen LogP contribution in [0, 0.1) is 5.92 Å². The van der Waals surface area contributed by atoms with E-state index in [9.17, 15) is 9.59 Å². The highest BCUT2D eigenvalue weighted by Gasteiger charge is 2.34. The van der Waals surface area contributed by atoms with Crippen molar-refractivity contribution in [2.24, 2.45) is 5.92 Å². The van der Waals surface area contributed by atoms with Crippen LogP contribution in [0.4, 0.5) is 0 Å². The van der Waals surface area contributed by atoms with E-state index in [1.807, 2.05) is 13.2 Å². The van der Waals surface area contributed by atoms with E-state index < -0.39 is 12.0 Å². The zero-order chi connectivity index (χ0) is 11.4. The Labute approximate surface area is 94.0 Å². The molecule has 1 fully saturated rings. The largest absolute Gasteiger partial charge is 0.480 e. The molecule has 2 atom stereocenters. The lowest BCUT2D eigenvalue weighted by Crippen LogP contribution is -2.50. The molecule has 1 aliphatic rings. The first-order valence-corrected chi connectivity index (χ1v) is 6.46. The summed E-state index contributed by atoms with van der Waals surface area (Å²) in [5.41, 5.74) is 0. The first-order chi connectivity index (χ1) is 7.06. The lowest BCUT2D eigenvalue weighted by atomic mass is 9.92. The topological polar surface area (TPSA) is 57.6 Å². The summed E-state index contributed by atoms with van der Waals surface area (Å²) in [5, 5.41) is 9.04. The van der Waals surface area contributed by atoms with Gasteiger partial charge in [-0.2, -0.15) is 11.8 Å². The van der Waals surface area contributed by atoms with E-state index >= 15 is 0 Å². The van der Waals surface area contributed by atoms with Crippen molar-refractivity contribution in [3.05, 3.63) is 0 Å². The second-order valence-corrected chi connectivity index (χ2v) is 4.87. The Morgan fingerprint density at radius 3 is 2.73 bits per heavy atom. The molecule has 1 N–H and O–H groups in total. The van der Waals surface area contributed by atoms with Crippen molar-refractivity contribution >= 4 is 23.6 Å². The third-order valence-electron chi connectivity index (χ3n) is 2.74. The van der Waals surface area contributed by atoms with Gasteiger partial charge in [-0.3, -0.25) is 4.79 Å². The molecule has 4 nitrogen and oxygen atoms in total. The van der Waals surface area contributed by atoms with Gasteiger partial charge in [0.2, 0.25) is 5.91 Å². The summed E-state index contributed by atoms with van der Waals surface area (Å²) in [4.78, 5) is 24.2. The van der Waals surface area contributed by atoms with Crippen LogP contribution < -0.4 is 0 Å². The Kier molecular flexibility index (Phi) is 4.45. The van der Waals surface area contributed by atoms with E-state index in [-0.39, 0.29) is 5.91 Å². The van der Waals surface area contributed by atoms with Gasteiger partial charge in [-0.15, -0.1) is 0 Å². The number of rotatable bonds is 3. The minimum atomic E-state index is -0.879. The average Bonchev–Trinajstić information content (AvgIpc) is 2.17. The van der Waals surface area contributed by atoms with Gasteiger partial charge in [0.1, 0.15) is 6.04 Å². The number of carboxylic acid groups (broad SMARTS) is 1. The lowest BCUT2D eigenvalue weighted by molar-refractivity contribution is -0.151. The molecule has 1 aliphatic heterocycles. The number of hydrogen-bond acceptors (Lipinski definition) is 3. The molecule has 0 aromatic heterocycles. The van der Waals surface area contributed by atoms with Crippen LogP contribution in [0.5, 0.6) is 0 Å². The van der Waals surface area contributed by atoms with Crippen LogP contribution in [0.3, 0.4) is 0 Å². The summed E-state index contributed by atoms with van der Waals surface area (Å²) >= 11 is 1.43. The lowest BCUT2D eigenvalue weighted by Gasteiger charge is -2.35. The highest BCUT2D eigenvalue weighted by Crippen LogP contribution is 2.23. The van der Waals surface area contributed by atoms with Gasteiger partial charge in [0, 0.05) is 6.54 Å². The van der Waals surface area contributed by atoms with Gasteiger partial charge in [0.05, 0.1) is 5.75 Å². The molecule has 1 heterocycles. The summed E-state index contributed by atoms with van der Waals surface area (Å²) in [5.74, 6) is -0.166. The summed E-state index contributed by atoms with van der Waals surface area (Å²) in [6.07, 6.45) is 3.33. The van der Waals surface area contributed by atoms with Gasteiger partial charge in [-0.1, -0.05) is 6.92 Å². The molecule has 5 heteroatoms. The summed E-state index contributed by atoms with van der Waals surface area (Å²) in [6.45, 7) is 2.61. The molecule has 0 saturated carbocycles. The van der Waals surface area contributed by atoms with Gasteiger partial charge >= 0.3 is 5.97 Å². The summed E-state index contributed by atoms with van der Waals surface area (Å²) in [7, 11) is 0. The number of likely N-dealkylation sites (tertiary alicyclic amines) is 1. The zero-order valence-electron chi connectivity index (χ0n) is 9.10. The number of piperidine rings is 1. The number of carboxylic acids is 1. The van der Waals surface area contributed by atoms with Gasteiger partial charge in [0.25, 0.3) is 0 Å². The molecule has 0 bridgehead atoms. The Morgan fingerprint density at radius 2 is 2.20 bits per heavy atom. The molecule has 2 unspecified atom stereocenters. The molecule has 1 saturated heterocycles. The van der Waals surface area contributed by atoms with E-state index in [0.29, 0.717) is 24.6 Å². The van der Waals surface area contributed by atoms with Crippen molar-refractivity contribution in [3.8, 4) is 0 Å². The van der Waals surface area contributed by atoms with E-state index in [2.05, 4.69) is 0 Å². The Bertz CT molecular complexity index is 257. The quantitative estimate of drug-likeness (QED) is 0.789. The first kappa shape index (κ1) is 12.4. The molecule has 1 amide bonds. The third kappa shape index (κ3) is 3.12. The van der Waals surface area contributed by atoms with Gasteiger partial charge in [0.15, 0.2) is 0 Å². The molecule has 0 aromatic carbocycles. The van der Waals surface area contributed by atoms with Gasteiger partial charge in [-0.25, -0.2) is 4.79 Å². The maximum Gasteiger partial charge on any atom is 0.326 e. The van der Waals surface area contributed by atoms with Crippen molar-refractivity contribution in [1.29, 1.82) is 0 Å². The van der Waals surface area contributed by atoms with Crippen molar-refractivity contribution < 1.29 is 14.7 Å². The number of thioether (sulfide) groups is 1. The van der Waals surface area contributed by atoms with Crippen molar-refractivity contribution in [3.63, 3.8) is 0 Å². The van der Waals surface area contributed by atoms with Crippen molar-refractivity contribution in [2.45, 2.75) is 25.8 Å². The molecular weight excluding hydrogens is 214 g/mol. The summed E-state index contributed by atoms with van der Waals surface area (Å²) < 4.78 is 0. The molecule has 15 heavy (non-hydrogen) atoms. The standard InChI is InChI=1S/C10H17NO3S/c1-7-3-4-11(9(12)6-15-2)8(5-7)10(13)14/h7-8H,3-6H2,1-2H3,(H,13,14). The highest BCUT2D eigenvalue weighted by atomic mass is 32.2. The minimum absolute atomic E-state index is 0.0539. The van der Waals surface area contributed by atoms with E-state index in [1.165, 1.54) is 16.7 Å². The minimum Gasteiger partial charge on any atom is -0.480 e. The van der Waals surface area contributed by atoms with Gasteiger partial charge < -0.3 is 10.0 Å². The SMILES string of the molecule is CSCC(=O)N1CCC(C)CC1C(=O)O. The van der Waals surface area contributed by atoms with E-state index in [0.717, 1.165) is 6.42 Å².